The molecule has 0 spiro atoms. The summed E-state index contributed by atoms with van der Waals surface area (Å²) in [5, 5.41) is 10.6. The summed E-state index contributed by atoms with van der Waals surface area (Å²) >= 11 is 0. The summed E-state index contributed by atoms with van der Waals surface area (Å²) in [5.74, 6) is 0.187. The fraction of sp³-hybridized carbons (Fsp3) is 0.415. The highest BCUT2D eigenvalue weighted by Crippen LogP contribution is 2.45. The Labute approximate surface area is 290 Å². The molecule has 1 fully saturated rings. The van der Waals surface area contributed by atoms with Crippen molar-refractivity contribution < 1.29 is 28.5 Å². The third-order valence-corrected chi connectivity index (χ3v) is 9.11. The van der Waals surface area contributed by atoms with E-state index in [9.17, 15) is 14.3 Å². The first kappa shape index (κ1) is 35.9. The van der Waals surface area contributed by atoms with Gasteiger partial charge in [-0.3, -0.25) is 4.98 Å². The van der Waals surface area contributed by atoms with Crippen LogP contribution in [0.4, 0.5) is 10.1 Å². The monoisotopic (exact) mass is 668 g/mol. The van der Waals surface area contributed by atoms with Gasteiger partial charge in [0.1, 0.15) is 17.3 Å². The van der Waals surface area contributed by atoms with Gasteiger partial charge in [0.25, 0.3) is 0 Å². The number of rotatable bonds is 12. The SMILES string of the molecule is COc1ccc(Cc2nc(C)c(C(OC(C)(C)C)C(=O)O)c(N3CCC(C)(C)CC3)c2-c2ccc(OCCc3ccc(F)cc3)cc2)cc1. The highest BCUT2D eigenvalue weighted by molar-refractivity contribution is 5.88. The number of hydrogen-bond donors (Lipinski definition) is 1. The second-order valence-corrected chi connectivity index (χ2v) is 14.7. The molecule has 1 unspecified atom stereocenters. The Morgan fingerprint density at radius 1 is 0.939 bits per heavy atom. The van der Waals surface area contributed by atoms with E-state index in [4.69, 9.17) is 19.2 Å². The van der Waals surface area contributed by atoms with Gasteiger partial charge in [-0.05, 0) is 99.0 Å². The van der Waals surface area contributed by atoms with Crippen molar-refractivity contribution in [1.29, 1.82) is 0 Å². The van der Waals surface area contributed by atoms with Crippen LogP contribution in [0, 0.1) is 18.2 Å². The molecule has 3 aromatic carbocycles. The second kappa shape index (κ2) is 15.0. The molecule has 2 heterocycles. The van der Waals surface area contributed by atoms with Crippen molar-refractivity contribution in [3.8, 4) is 22.6 Å². The minimum atomic E-state index is -1.21. The molecule has 0 radical (unpaired) electrons. The molecule has 1 aliphatic rings. The van der Waals surface area contributed by atoms with Crippen LogP contribution in [0.15, 0.2) is 72.8 Å². The minimum Gasteiger partial charge on any atom is -0.497 e. The van der Waals surface area contributed by atoms with Gasteiger partial charge in [0.15, 0.2) is 6.10 Å². The number of pyridine rings is 1. The van der Waals surface area contributed by atoms with Gasteiger partial charge in [-0.15, -0.1) is 0 Å². The molecule has 4 aromatic rings. The number of aliphatic carboxylic acids is 1. The topological polar surface area (TPSA) is 81.1 Å². The van der Waals surface area contributed by atoms with Crippen molar-refractivity contribution in [2.45, 2.75) is 78.9 Å². The number of piperidine rings is 1. The Hall–Kier alpha value is -4.43. The number of methoxy groups -OCH3 is 1. The number of halogens is 1. The van der Waals surface area contributed by atoms with Crippen LogP contribution in [0.5, 0.6) is 11.5 Å². The summed E-state index contributed by atoms with van der Waals surface area (Å²) in [6.07, 6.45) is 1.93. The summed E-state index contributed by atoms with van der Waals surface area (Å²) in [5.41, 5.74) is 6.33. The summed E-state index contributed by atoms with van der Waals surface area (Å²) < 4.78 is 31.1. The molecule has 0 bridgehead atoms. The second-order valence-electron chi connectivity index (χ2n) is 14.7. The van der Waals surface area contributed by atoms with Crippen LogP contribution in [0.3, 0.4) is 0 Å². The molecule has 8 heteroatoms. The number of nitrogens with zero attached hydrogens (tertiary/aromatic N) is 2. The van der Waals surface area contributed by atoms with Crippen molar-refractivity contribution in [1.82, 2.24) is 4.98 Å². The Morgan fingerprint density at radius 3 is 2.10 bits per heavy atom. The maximum atomic E-state index is 13.3. The number of aryl methyl sites for hydroxylation is 1. The predicted octanol–water partition coefficient (Wildman–Crippen LogP) is 8.98. The smallest absolute Gasteiger partial charge is 0.337 e. The zero-order chi connectivity index (χ0) is 35.3. The standard InChI is InChI=1S/C41H49FN2O5/c1-27-35(38(39(45)46)49-40(2,3)4)37(44-23-21-41(5,6)22-24-44)36(34(43-27)26-29-10-16-32(47-7)17-11-29)30-12-18-33(19-13-30)48-25-20-28-8-14-31(42)15-9-28/h8-19,38H,20-26H2,1-7H3,(H,45,46). The van der Waals surface area contributed by atoms with Gasteiger partial charge in [0.05, 0.1) is 30.7 Å². The lowest BCUT2D eigenvalue weighted by Crippen LogP contribution is -2.39. The van der Waals surface area contributed by atoms with Crippen LogP contribution in [0.2, 0.25) is 0 Å². The van der Waals surface area contributed by atoms with Gasteiger partial charge in [-0.25, -0.2) is 9.18 Å². The molecule has 1 atom stereocenters. The van der Waals surface area contributed by atoms with Gasteiger partial charge >= 0.3 is 5.97 Å². The van der Waals surface area contributed by atoms with E-state index in [2.05, 4.69) is 18.7 Å². The van der Waals surface area contributed by atoms with Gasteiger partial charge in [-0.2, -0.15) is 0 Å². The van der Waals surface area contributed by atoms with Crippen molar-refractivity contribution in [2.75, 3.05) is 31.7 Å². The zero-order valence-corrected chi connectivity index (χ0v) is 29.8. The molecular weight excluding hydrogens is 619 g/mol. The van der Waals surface area contributed by atoms with Gasteiger partial charge in [0, 0.05) is 42.8 Å². The lowest BCUT2D eigenvalue weighted by molar-refractivity contribution is -0.160. The lowest BCUT2D eigenvalue weighted by atomic mass is 9.81. The quantitative estimate of drug-likeness (QED) is 0.161. The maximum absolute atomic E-state index is 13.3. The van der Waals surface area contributed by atoms with E-state index < -0.39 is 17.7 Å². The molecule has 0 aliphatic carbocycles. The maximum Gasteiger partial charge on any atom is 0.337 e. The number of carbonyl (C=O) groups is 1. The van der Waals surface area contributed by atoms with Crippen LogP contribution in [-0.2, 0) is 22.4 Å². The minimum absolute atomic E-state index is 0.186. The highest BCUT2D eigenvalue weighted by Gasteiger charge is 2.37. The Bertz CT molecular complexity index is 1720. The first-order chi connectivity index (χ1) is 23.2. The van der Waals surface area contributed by atoms with E-state index in [0.717, 1.165) is 65.3 Å². The molecule has 1 N–H and O–H groups in total. The number of aromatic nitrogens is 1. The van der Waals surface area contributed by atoms with E-state index in [1.807, 2.05) is 76.2 Å². The summed E-state index contributed by atoms with van der Waals surface area (Å²) in [6, 6.07) is 22.4. The number of hydrogen-bond acceptors (Lipinski definition) is 6. The molecule has 49 heavy (non-hydrogen) atoms. The van der Waals surface area contributed by atoms with Crippen LogP contribution < -0.4 is 14.4 Å². The average Bonchev–Trinajstić information content (AvgIpc) is 3.05. The molecule has 260 valence electrons. The molecule has 1 aliphatic heterocycles. The average molecular weight is 669 g/mol. The molecule has 1 aromatic heterocycles. The molecule has 0 amide bonds. The van der Waals surface area contributed by atoms with Crippen molar-refractivity contribution in [3.05, 3.63) is 107 Å². The van der Waals surface area contributed by atoms with Gasteiger partial charge in [0.2, 0.25) is 0 Å². The zero-order valence-electron chi connectivity index (χ0n) is 29.8. The number of anilines is 1. The van der Waals surface area contributed by atoms with Crippen molar-refractivity contribution in [3.63, 3.8) is 0 Å². The normalized spacial score (nSPS) is 15.1. The van der Waals surface area contributed by atoms with E-state index >= 15 is 0 Å². The third-order valence-electron chi connectivity index (χ3n) is 9.11. The molecular formula is C41H49FN2O5. The number of ether oxygens (including phenoxy) is 3. The number of carboxylic acids is 1. The Morgan fingerprint density at radius 2 is 1.53 bits per heavy atom. The summed E-state index contributed by atoms with van der Waals surface area (Å²) in [7, 11) is 1.65. The van der Waals surface area contributed by atoms with E-state index in [0.29, 0.717) is 36.5 Å². The van der Waals surface area contributed by atoms with E-state index in [1.54, 1.807) is 19.2 Å². The molecule has 7 nitrogen and oxygen atoms in total. The molecule has 1 saturated heterocycles. The van der Waals surface area contributed by atoms with Crippen LogP contribution >= 0.6 is 0 Å². The Balaban J connectivity index is 1.62. The van der Waals surface area contributed by atoms with Gasteiger partial charge < -0.3 is 24.2 Å². The largest absolute Gasteiger partial charge is 0.497 e. The fourth-order valence-electron chi connectivity index (χ4n) is 6.35. The first-order valence-corrected chi connectivity index (χ1v) is 17.0. The van der Waals surface area contributed by atoms with Crippen LogP contribution in [-0.4, -0.2) is 48.5 Å². The summed E-state index contributed by atoms with van der Waals surface area (Å²) in [6.45, 7) is 14.1. The predicted molar refractivity (Wildman–Crippen MR) is 192 cm³/mol. The number of carboxylic acid groups (broad SMARTS) is 1. The van der Waals surface area contributed by atoms with Crippen LogP contribution in [0.25, 0.3) is 11.1 Å². The highest BCUT2D eigenvalue weighted by atomic mass is 19.1. The van der Waals surface area contributed by atoms with E-state index in [1.165, 1.54) is 12.1 Å². The van der Waals surface area contributed by atoms with Crippen molar-refractivity contribution in [2.24, 2.45) is 5.41 Å². The third kappa shape index (κ3) is 9.18. The Kier molecular flexibility index (Phi) is 11.0. The van der Waals surface area contributed by atoms with Crippen molar-refractivity contribution >= 4 is 11.7 Å². The lowest BCUT2D eigenvalue weighted by Gasteiger charge is -2.41. The molecule has 5 rings (SSSR count). The first-order valence-electron chi connectivity index (χ1n) is 17.0. The number of benzene rings is 3. The molecule has 0 saturated carbocycles. The summed E-state index contributed by atoms with van der Waals surface area (Å²) in [4.78, 5) is 20.5. The fourth-order valence-corrected chi connectivity index (χ4v) is 6.35. The van der Waals surface area contributed by atoms with Gasteiger partial charge in [-0.1, -0.05) is 50.2 Å². The van der Waals surface area contributed by atoms with Crippen LogP contribution in [0.1, 0.15) is 81.6 Å². The van der Waals surface area contributed by atoms with E-state index in [-0.39, 0.29) is 11.2 Å².